The van der Waals surface area contributed by atoms with Gasteiger partial charge in [0.2, 0.25) is 17.7 Å². The zero-order valence-corrected chi connectivity index (χ0v) is 28.2. The number of amides is 3. The van der Waals surface area contributed by atoms with Gasteiger partial charge in [-0.2, -0.15) is 0 Å². The van der Waals surface area contributed by atoms with Crippen LogP contribution in [0.3, 0.4) is 0 Å². The van der Waals surface area contributed by atoms with Gasteiger partial charge >= 0.3 is 0 Å². The third-order valence-electron chi connectivity index (χ3n) is 10.3. The van der Waals surface area contributed by atoms with Crippen molar-refractivity contribution in [1.29, 1.82) is 0 Å². The number of thioether (sulfide) groups is 1. The van der Waals surface area contributed by atoms with Gasteiger partial charge in [0.1, 0.15) is 11.8 Å². The van der Waals surface area contributed by atoms with E-state index in [1.165, 1.54) is 0 Å². The van der Waals surface area contributed by atoms with E-state index in [2.05, 4.69) is 36.3 Å². The van der Waals surface area contributed by atoms with E-state index in [0.29, 0.717) is 30.8 Å². The molecule has 9 nitrogen and oxygen atoms in total. The molecule has 2 aromatic rings. The predicted octanol–water partition coefficient (Wildman–Crippen LogP) is 5.40. The van der Waals surface area contributed by atoms with Crippen LogP contribution in [0, 0.1) is 17.8 Å². The molecule has 3 fully saturated rings. The molecule has 2 unspecified atom stereocenters. The number of nitrogens with zero attached hydrogens (tertiary/aromatic N) is 2. The number of aliphatic hydroxyl groups is 1. The Bertz CT molecular complexity index is 1380. The number of nitrogens with one attached hydrogen (secondary N) is 2. The maximum absolute atomic E-state index is 14.6. The molecule has 2 aromatic carbocycles. The van der Waals surface area contributed by atoms with Crippen molar-refractivity contribution in [1.82, 2.24) is 4.90 Å². The number of carbonyl (C=O) groups is 3. The van der Waals surface area contributed by atoms with Gasteiger partial charge in [-0.05, 0) is 95.0 Å². The third-order valence-corrected chi connectivity index (χ3v) is 12.3. The Balaban J connectivity index is 1.48. The van der Waals surface area contributed by atoms with Crippen LogP contribution in [0.15, 0.2) is 48.5 Å². The molecule has 0 aliphatic carbocycles. The van der Waals surface area contributed by atoms with Crippen molar-refractivity contribution >= 4 is 46.5 Å². The Labute approximate surface area is 271 Å². The lowest BCUT2D eigenvalue weighted by Gasteiger charge is -2.39. The quantitative estimate of drug-likeness (QED) is 0.270. The van der Waals surface area contributed by atoms with Gasteiger partial charge in [0, 0.05) is 34.9 Å². The van der Waals surface area contributed by atoms with Crippen molar-refractivity contribution in [3.8, 4) is 5.75 Å². The van der Waals surface area contributed by atoms with Gasteiger partial charge in [0.15, 0.2) is 0 Å². The smallest absolute Gasteiger partial charge is 0.248 e. The highest BCUT2D eigenvalue weighted by molar-refractivity contribution is 8.02. The molecule has 3 N–H and O–H groups in total. The van der Waals surface area contributed by atoms with E-state index in [0.717, 1.165) is 30.9 Å². The lowest BCUT2D eigenvalue weighted by Crippen LogP contribution is -2.56. The summed E-state index contributed by atoms with van der Waals surface area (Å²) >= 11 is 1.63. The van der Waals surface area contributed by atoms with Crippen LogP contribution in [0.4, 0.5) is 17.1 Å². The molecule has 3 saturated heterocycles. The van der Waals surface area contributed by atoms with Gasteiger partial charge in [-0.3, -0.25) is 14.4 Å². The first kappa shape index (κ1) is 33.1. The van der Waals surface area contributed by atoms with Crippen LogP contribution in [0.5, 0.6) is 5.75 Å². The standard InChI is InChI=1S/C35H48N4O5S/c1-7-22(5)27(21-40)39-30(32(42)37-23-11-15-25(16-12-23)38(8-2)9-3)35-20-19-34(6,45-35)28(29(35)33(39)43)31(41)36-24-13-17-26(18-14-24)44-10-4/h11-18,22,27-30,40H,7-10,19-21H2,1-6H3,(H,36,41)(H,37,42)/t22-,27-,28-,29-,30?,34+,35?/m0/s1. The molecule has 2 bridgehead atoms. The Kier molecular flexibility index (Phi) is 9.75. The summed E-state index contributed by atoms with van der Waals surface area (Å²) in [6.07, 6.45) is 2.10. The van der Waals surface area contributed by atoms with Gasteiger partial charge in [-0.25, -0.2) is 0 Å². The molecule has 10 heteroatoms. The topological polar surface area (TPSA) is 111 Å². The Hall–Kier alpha value is -3.24. The number of hydrogen-bond acceptors (Lipinski definition) is 7. The third kappa shape index (κ3) is 5.80. The fraction of sp³-hybridized carbons (Fsp3) is 0.571. The fourth-order valence-corrected chi connectivity index (χ4v) is 10.2. The number of benzene rings is 2. The summed E-state index contributed by atoms with van der Waals surface area (Å²) in [5, 5.41) is 16.8. The van der Waals surface area contributed by atoms with Gasteiger partial charge in [-0.15, -0.1) is 11.8 Å². The van der Waals surface area contributed by atoms with Gasteiger partial charge in [0.25, 0.3) is 0 Å². The van der Waals surface area contributed by atoms with Crippen LogP contribution < -0.4 is 20.3 Å². The van der Waals surface area contributed by atoms with Crippen molar-refractivity contribution in [3.63, 3.8) is 0 Å². The fourth-order valence-electron chi connectivity index (χ4n) is 7.81. The lowest BCUT2D eigenvalue weighted by molar-refractivity contribution is -0.142. The first-order valence-corrected chi connectivity index (χ1v) is 17.2. The van der Waals surface area contributed by atoms with E-state index in [1.54, 1.807) is 28.8 Å². The van der Waals surface area contributed by atoms with Gasteiger partial charge < -0.3 is 30.3 Å². The lowest BCUT2D eigenvalue weighted by atomic mass is 9.66. The summed E-state index contributed by atoms with van der Waals surface area (Å²) in [5.74, 6) is -1.32. The molecule has 0 radical (unpaired) electrons. The normalized spacial score (nSPS) is 28.0. The minimum atomic E-state index is -0.821. The van der Waals surface area contributed by atoms with Crippen LogP contribution in [-0.2, 0) is 14.4 Å². The number of aliphatic hydroxyl groups excluding tert-OH is 1. The summed E-state index contributed by atoms with van der Waals surface area (Å²) in [6.45, 7) is 14.3. The zero-order valence-electron chi connectivity index (χ0n) is 27.3. The second-order valence-corrected chi connectivity index (χ2v) is 14.7. The molecule has 3 heterocycles. The summed E-state index contributed by atoms with van der Waals surface area (Å²) in [4.78, 5) is 46.9. The van der Waals surface area contributed by atoms with Crippen LogP contribution in [0.1, 0.15) is 60.8 Å². The monoisotopic (exact) mass is 636 g/mol. The Morgan fingerprint density at radius 1 is 1.00 bits per heavy atom. The number of anilines is 3. The highest BCUT2D eigenvalue weighted by atomic mass is 32.2. The molecule has 3 aliphatic rings. The zero-order chi connectivity index (χ0) is 32.5. The number of rotatable bonds is 13. The first-order valence-electron chi connectivity index (χ1n) is 16.4. The predicted molar refractivity (Wildman–Crippen MR) is 181 cm³/mol. The maximum atomic E-state index is 14.6. The van der Waals surface area contributed by atoms with Crippen molar-refractivity contribution in [3.05, 3.63) is 48.5 Å². The largest absolute Gasteiger partial charge is 0.494 e. The Morgan fingerprint density at radius 3 is 2.16 bits per heavy atom. The molecule has 0 aromatic heterocycles. The number of likely N-dealkylation sites (tertiary alicyclic amines) is 1. The molecule has 3 aliphatic heterocycles. The van der Waals surface area contributed by atoms with Gasteiger partial charge in [0.05, 0.1) is 35.8 Å². The summed E-state index contributed by atoms with van der Waals surface area (Å²) < 4.78 is 4.26. The average molecular weight is 637 g/mol. The second kappa shape index (κ2) is 13.2. The average Bonchev–Trinajstić information content (AvgIpc) is 3.60. The van der Waals surface area contributed by atoms with Crippen molar-refractivity contribution < 1.29 is 24.2 Å². The molecule has 3 amide bonds. The van der Waals surface area contributed by atoms with E-state index < -0.39 is 33.4 Å². The molecular weight excluding hydrogens is 588 g/mol. The molecule has 45 heavy (non-hydrogen) atoms. The highest BCUT2D eigenvalue weighted by Crippen LogP contribution is 2.71. The molecule has 244 valence electrons. The minimum Gasteiger partial charge on any atom is -0.494 e. The number of fused-ring (bicyclic) bond motifs is 1. The molecular formula is C35H48N4O5S. The van der Waals surface area contributed by atoms with Crippen LogP contribution >= 0.6 is 11.8 Å². The number of ether oxygens (including phenoxy) is 1. The molecule has 0 saturated carbocycles. The summed E-state index contributed by atoms with van der Waals surface area (Å²) in [5.41, 5.74) is 2.36. The number of hydrogen-bond donors (Lipinski definition) is 3. The molecule has 5 rings (SSSR count). The minimum absolute atomic E-state index is 0.0354. The van der Waals surface area contributed by atoms with E-state index >= 15 is 0 Å². The first-order chi connectivity index (χ1) is 21.6. The van der Waals surface area contributed by atoms with E-state index in [9.17, 15) is 19.5 Å². The van der Waals surface area contributed by atoms with Crippen LogP contribution in [0.2, 0.25) is 0 Å². The second-order valence-electron chi connectivity index (χ2n) is 12.8. The molecule has 7 atom stereocenters. The van der Waals surface area contributed by atoms with E-state index in [-0.39, 0.29) is 30.2 Å². The summed E-state index contributed by atoms with van der Waals surface area (Å²) in [7, 11) is 0. The van der Waals surface area contributed by atoms with E-state index in [1.807, 2.05) is 57.2 Å². The Morgan fingerprint density at radius 2 is 1.60 bits per heavy atom. The van der Waals surface area contributed by atoms with Crippen molar-refractivity contribution in [2.45, 2.75) is 82.4 Å². The van der Waals surface area contributed by atoms with Crippen molar-refractivity contribution in [2.24, 2.45) is 17.8 Å². The van der Waals surface area contributed by atoms with E-state index in [4.69, 9.17) is 4.74 Å². The summed E-state index contributed by atoms with van der Waals surface area (Å²) in [6, 6.07) is 13.7. The highest BCUT2D eigenvalue weighted by Gasteiger charge is 2.77. The van der Waals surface area contributed by atoms with Crippen LogP contribution in [-0.4, -0.2) is 75.6 Å². The van der Waals surface area contributed by atoms with Crippen LogP contribution in [0.25, 0.3) is 0 Å². The molecule has 1 spiro atoms. The SMILES string of the molecule is CCOc1ccc(NC(=O)[C@@H]2[C@H]3C(=O)N([C@@H](CO)[C@@H](C)CC)C(C(=O)Nc4ccc(N(CC)CC)cc4)C34CC[C@@]2(C)S4)cc1. The van der Waals surface area contributed by atoms with Gasteiger partial charge in [-0.1, -0.05) is 20.3 Å². The van der Waals surface area contributed by atoms with Crippen molar-refractivity contribution in [2.75, 3.05) is 41.8 Å². The number of carbonyl (C=O) groups excluding carboxylic acids is 3. The maximum Gasteiger partial charge on any atom is 0.248 e.